The van der Waals surface area contributed by atoms with Gasteiger partial charge in [0.25, 0.3) is 0 Å². The molecule has 2 heterocycles. The van der Waals surface area contributed by atoms with E-state index in [2.05, 4.69) is 21.9 Å². The number of hydrogen-bond acceptors (Lipinski definition) is 6. The van der Waals surface area contributed by atoms with Crippen molar-refractivity contribution in [1.82, 2.24) is 14.7 Å². The van der Waals surface area contributed by atoms with Crippen molar-refractivity contribution in [2.75, 3.05) is 70.9 Å². The summed E-state index contributed by atoms with van der Waals surface area (Å²) in [6.45, 7) is 7.23. The first-order valence-electron chi connectivity index (χ1n) is 11.4. The lowest BCUT2D eigenvalue weighted by molar-refractivity contribution is -0.134. The minimum Gasteiger partial charge on any atom is -0.497 e. The summed E-state index contributed by atoms with van der Waals surface area (Å²) in [5.41, 5.74) is 2.09. The van der Waals surface area contributed by atoms with E-state index in [-0.39, 0.29) is 11.7 Å². The van der Waals surface area contributed by atoms with Crippen LogP contribution in [0.3, 0.4) is 0 Å². The SMILES string of the molecule is COc1ccc(CN2CCN(C(=O)CN3CCN(c4ccc(C#N)cc4F)CC3)CC2)cc1. The molecule has 8 heteroatoms. The smallest absolute Gasteiger partial charge is 0.236 e. The second-order valence-corrected chi connectivity index (χ2v) is 8.55. The highest BCUT2D eigenvalue weighted by Crippen LogP contribution is 2.22. The number of methoxy groups -OCH3 is 1. The Bertz CT molecular complexity index is 991. The molecule has 174 valence electrons. The van der Waals surface area contributed by atoms with Crippen molar-refractivity contribution in [2.24, 2.45) is 0 Å². The van der Waals surface area contributed by atoms with Crippen LogP contribution in [0.1, 0.15) is 11.1 Å². The summed E-state index contributed by atoms with van der Waals surface area (Å²) in [6, 6.07) is 14.7. The van der Waals surface area contributed by atoms with Crippen molar-refractivity contribution >= 4 is 11.6 Å². The number of amides is 1. The van der Waals surface area contributed by atoms with Gasteiger partial charge in [-0.25, -0.2) is 4.39 Å². The zero-order valence-corrected chi connectivity index (χ0v) is 19.0. The Labute approximate surface area is 194 Å². The normalized spacial score (nSPS) is 17.6. The molecule has 4 rings (SSSR count). The van der Waals surface area contributed by atoms with Gasteiger partial charge in [-0.3, -0.25) is 14.6 Å². The molecule has 2 aliphatic heterocycles. The Morgan fingerprint density at radius 1 is 0.970 bits per heavy atom. The maximum Gasteiger partial charge on any atom is 0.236 e. The van der Waals surface area contributed by atoms with Crippen LogP contribution < -0.4 is 9.64 Å². The van der Waals surface area contributed by atoms with Gasteiger partial charge in [0.1, 0.15) is 11.6 Å². The highest BCUT2D eigenvalue weighted by molar-refractivity contribution is 5.78. The number of carbonyl (C=O) groups excluding carboxylic acids is 1. The Balaban J connectivity index is 1.20. The van der Waals surface area contributed by atoms with Crippen LogP contribution in [0.5, 0.6) is 5.75 Å². The molecule has 0 aliphatic carbocycles. The Morgan fingerprint density at radius 3 is 2.24 bits per heavy atom. The molecule has 0 unspecified atom stereocenters. The van der Waals surface area contributed by atoms with E-state index in [9.17, 15) is 9.18 Å². The van der Waals surface area contributed by atoms with E-state index in [1.54, 1.807) is 19.2 Å². The van der Waals surface area contributed by atoms with E-state index < -0.39 is 0 Å². The first kappa shape index (κ1) is 23.0. The fraction of sp³-hybridized carbons (Fsp3) is 0.440. The molecule has 2 saturated heterocycles. The summed E-state index contributed by atoms with van der Waals surface area (Å²) in [4.78, 5) is 21.3. The number of rotatable bonds is 6. The van der Waals surface area contributed by atoms with Crippen molar-refractivity contribution in [2.45, 2.75) is 6.54 Å². The predicted octanol–water partition coefficient (Wildman–Crippen LogP) is 2.17. The van der Waals surface area contributed by atoms with E-state index in [0.29, 0.717) is 44.0 Å². The number of carbonyl (C=O) groups is 1. The highest BCUT2D eigenvalue weighted by Gasteiger charge is 2.25. The second-order valence-electron chi connectivity index (χ2n) is 8.55. The van der Waals surface area contributed by atoms with Crippen LogP contribution in [-0.2, 0) is 11.3 Å². The zero-order valence-electron chi connectivity index (χ0n) is 19.0. The van der Waals surface area contributed by atoms with Crippen LogP contribution in [0.25, 0.3) is 0 Å². The highest BCUT2D eigenvalue weighted by atomic mass is 19.1. The van der Waals surface area contributed by atoms with Crippen molar-refractivity contribution in [3.8, 4) is 11.8 Å². The van der Waals surface area contributed by atoms with Gasteiger partial charge in [-0.05, 0) is 35.9 Å². The standard InChI is InChI=1S/C25H30FN5O2/c1-33-22-5-2-20(3-6-22)18-28-10-14-31(15-11-28)25(32)19-29-8-12-30(13-9-29)24-7-4-21(17-27)16-23(24)26/h2-7,16H,8-15,18-19H2,1H3. The van der Waals surface area contributed by atoms with Gasteiger partial charge in [0, 0.05) is 58.9 Å². The summed E-state index contributed by atoms with van der Waals surface area (Å²) in [5.74, 6) is 0.653. The first-order chi connectivity index (χ1) is 16.1. The third-order valence-electron chi connectivity index (χ3n) is 6.44. The van der Waals surface area contributed by atoms with Crippen molar-refractivity contribution in [3.63, 3.8) is 0 Å². The third-order valence-corrected chi connectivity index (χ3v) is 6.44. The minimum atomic E-state index is -0.369. The van der Waals surface area contributed by atoms with Gasteiger partial charge >= 0.3 is 0 Å². The molecule has 0 aromatic heterocycles. The molecule has 7 nitrogen and oxygen atoms in total. The minimum absolute atomic E-state index is 0.164. The molecule has 0 saturated carbocycles. The quantitative estimate of drug-likeness (QED) is 0.671. The number of ether oxygens (including phenoxy) is 1. The Kier molecular flexibility index (Phi) is 7.43. The fourth-order valence-electron chi connectivity index (χ4n) is 4.42. The van der Waals surface area contributed by atoms with E-state index in [1.807, 2.05) is 28.0 Å². The molecule has 2 aromatic rings. The zero-order chi connectivity index (χ0) is 23.2. The van der Waals surface area contributed by atoms with Crippen molar-refractivity contribution in [3.05, 3.63) is 59.4 Å². The predicted molar refractivity (Wildman–Crippen MR) is 125 cm³/mol. The first-order valence-corrected chi connectivity index (χ1v) is 11.4. The maximum atomic E-state index is 14.3. The van der Waals surface area contributed by atoms with Gasteiger partial charge in [-0.15, -0.1) is 0 Å². The molecule has 0 atom stereocenters. The van der Waals surface area contributed by atoms with Crippen LogP contribution in [-0.4, -0.2) is 86.6 Å². The van der Waals surface area contributed by atoms with Gasteiger partial charge in [0.05, 0.1) is 31.0 Å². The van der Waals surface area contributed by atoms with Gasteiger partial charge in [0.15, 0.2) is 0 Å². The van der Waals surface area contributed by atoms with Crippen LogP contribution in [0, 0.1) is 17.1 Å². The number of nitriles is 1. The molecule has 2 aliphatic rings. The topological polar surface area (TPSA) is 63.1 Å². The monoisotopic (exact) mass is 451 g/mol. The molecule has 0 N–H and O–H groups in total. The average Bonchev–Trinajstić information content (AvgIpc) is 2.85. The van der Waals surface area contributed by atoms with Crippen LogP contribution in [0.15, 0.2) is 42.5 Å². The van der Waals surface area contributed by atoms with Crippen molar-refractivity contribution < 1.29 is 13.9 Å². The number of nitrogens with zero attached hydrogens (tertiary/aromatic N) is 5. The van der Waals surface area contributed by atoms with Gasteiger partial charge in [-0.1, -0.05) is 12.1 Å². The summed E-state index contributed by atoms with van der Waals surface area (Å²) in [5, 5.41) is 8.91. The van der Waals surface area contributed by atoms with Crippen LogP contribution in [0.4, 0.5) is 10.1 Å². The molecular formula is C25H30FN5O2. The largest absolute Gasteiger partial charge is 0.497 e. The Morgan fingerprint density at radius 2 is 1.64 bits per heavy atom. The number of piperazine rings is 2. The van der Waals surface area contributed by atoms with E-state index in [1.165, 1.54) is 11.6 Å². The molecule has 0 bridgehead atoms. The second kappa shape index (κ2) is 10.6. The van der Waals surface area contributed by atoms with E-state index in [4.69, 9.17) is 10.00 Å². The lowest BCUT2D eigenvalue weighted by Crippen LogP contribution is -2.53. The molecule has 0 spiro atoms. The molecule has 2 fully saturated rings. The van der Waals surface area contributed by atoms with Gasteiger partial charge < -0.3 is 14.5 Å². The lowest BCUT2D eigenvalue weighted by Gasteiger charge is -2.38. The van der Waals surface area contributed by atoms with Crippen molar-refractivity contribution in [1.29, 1.82) is 5.26 Å². The fourth-order valence-corrected chi connectivity index (χ4v) is 4.42. The van der Waals surface area contributed by atoms with Gasteiger partial charge in [0.2, 0.25) is 5.91 Å². The van der Waals surface area contributed by atoms with Crippen LogP contribution in [0.2, 0.25) is 0 Å². The van der Waals surface area contributed by atoms with Gasteiger partial charge in [-0.2, -0.15) is 5.26 Å². The van der Waals surface area contributed by atoms with Crippen LogP contribution >= 0.6 is 0 Å². The summed E-state index contributed by atoms with van der Waals surface area (Å²) >= 11 is 0. The molecule has 33 heavy (non-hydrogen) atoms. The third kappa shape index (κ3) is 5.81. The Hall–Kier alpha value is -3.15. The maximum absolute atomic E-state index is 14.3. The molecule has 0 radical (unpaired) electrons. The molecule has 2 aromatic carbocycles. The lowest BCUT2D eigenvalue weighted by atomic mass is 10.1. The molecule has 1 amide bonds. The number of halogens is 1. The van der Waals surface area contributed by atoms with E-state index >= 15 is 0 Å². The summed E-state index contributed by atoms with van der Waals surface area (Å²) in [7, 11) is 1.67. The summed E-state index contributed by atoms with van der Waals surface area (Å²) in [6.07, 6.45) is 0. The van der Waals surface area contributed by atoms with E-state index in [0.717, 1.165) is 38.5 Å². The number of benzene rings is 2. The number of anilines is 1. The molecular weight excluding hydrogens is 421 g/mol. The average molecular weight is 452 g/mol. The summed E-state index contributed by atoms with van der Waals surface area (Å²) < 4.78 is 19.5. The number of hydrogen-bond donors (Lipinski definition) is 0.